The number of hydrogen-bond donors (Lipinski definition) is 2. The van der Waals surface area contributed by atoms with Crippen LogP contribution in [0.5, 0.6) is 5.75 Å². The van der Waals surface area contributed by atoms with Crippen LogP contribution in [-0.2, 0) is 6.54 Å². The van der Waals surface area contributed by atoms with Gasteiger partial charge in [-0.05, 0) is 30.5 Å². The minimum absolute atomic E-state index is 0. The Hall–Kier alpha value is -1.12. The summed E-state index contributed by atoms with van der Waals surface area (Å²) in [6.07, 6.45) is 6.14. The molecule has 1 aromatic rings. The molecule has 0 saturated heterocycles. The van der Waals surface area contributed by atoms with E-state index in [-0.39, 0.29) is 29.7 Å². The first-order valence-corrected chi connectivity index (χ1v) is 7.68. The summed E-state index contributed by atoms with van der Waals surface area (Å²) in [5.74, 6) is 0.914. The summed E-state index contributed by atoms with van der Waals surface area (Å²) in [4.78, 5) is 4.21. The molecule has 0 unspecified atom stereocenters. The first kappa shape index (κ1) is 19.9. The van der Waals surface area contributed by atoms with Crippen molar-refractivity contribution >= 4 is 29.9 Å². The molecular formula is C16H24F2IN3O. The minimum Gasteiger partial charge on any atom is -0.435 e. The van der Waals surface area contributed by atoms with Crippen LogP contribution in [0.4, 0.5) is 8.78 Å². The molecule has 0 bridgehead atoms. The number of nitrogens with zero attached hydrogens (tertiary/aromatic N) is 1. The molecule has 1 aliphatic carbocycles. The SMILES string of the molecule is CN=C(NCc1cccc(OC(F)F)c1)NC1CCCCC1.I. The van der Waals surface area contributed by atoms with Gasteiger partial charge < -0.3 is 15.4 Å². The number of halogens is 3. The Kier molecular flexibility index (Phi) is 9.20. The van der Waals surface area contributed by atoms with E-state index in [1.807, 2.05) is 6.07 Å². The van der Waals surface area contributed by atoms with Crippen LogP contribution in [0, 0.1) is 0 Å². The lowest BCUT2D eigenvalue weighted by Crippen LogP contribution is -2.43. The summed E-state index contributed by atoms with van der Waals surface area (Å²) >= 11 is 0. The standard InChI is InChI=1S/C16H23F2N3O.HI/c1-19-16(21-13-7-3-2-4-8-13)20-11-12-6-5-9-14(10-12)22-15(17)18;/h5-6,9-10,13,15H,2-4,7-8,11H2,1H3,(H2,19,20,21);1H. The van der Waals surface area contributed by atoms with Crippen LogP contribution < -0.4 is 15.4 Å². The second-order valence-corrected chi connectivity index (χ2v) is 5.43. The van der Waals surface area contributed by atoms with Gasteiger partial charge in [-0.1, -0.05) is 31.4 Å². The Morgan fingerprint density at radius 2 is 2.04 bits per heavy atom. The first-order chi connectivity index (χ1) is 10.7. The molecule has 23 heavy (non-hydrogen) atoms. The normalized spacial score (nSPS) is 15.9. The van der Waals surface area contributed by atoms with Crippen LogP contribution >= 0.6 is 24.0 Å². The van der Waals surface area contributed by atoms with Crippen molar-refractivity contribution in [3.63, 3.8) is 0 Å². The van der Waals surface area contributed by atoms with E-state index in [0.717, 1.165) is 11.5 Å². The van der Waals surface area contributed by atoms with Crippen molar-refractivity contribution in [1.82, 2.24) is 10.6 Å². The van der Waals surface area contributed by atoms with Gasteiger partial charge in [0.2, 0.25) is 0 Å². The molecule has 0 amide bonds. The highest BCUT2D eigenvalue weighted by Gasteiger charge is 2.14. The lowest BCUT2D eigenvalue weighted by atomic mass is 9.96. The highest BCUT2D eigenvalue weighted by atomic mass is 127. The molecule has 0 radical (unpaired) electrons. The van der Waals surface area contributed by atoms with E-state index in [4.69, 9.17) is 0 Å². The zero-order valence-corrected chi connectivity index (χ0v) is 15.6. The molecule has 1 saturated carbocycles. The second kappa shape index (κ2) is 10.6. The van der Waals surface area contributed by atoms with E-state index in [2.05, 4.69) is 20.4 Å². The van der Waals surface area contributed by atoms with Crippen LogP contribution in [0.25, 0.3) is 0 Å². The van der Waals surface area contributed by atoms with E-state index in [1.165, 1.54) is 38.2 Å². The maximum atomic E-state index is 12.2. The van der Waals surface area contributed by atoms with E-state index in [1.54, 1.807) is 19.2 Å². The molecule has 0 atom stereocenters. The Balaban J connectivity index is 0.00000264. The summed E-state index contributed by atoms with van der Waals surface area (Å²) < 4.78 is 28.8. The number of hydrogen-bond acceptors (Lipinski definition) is 2. The molecule has 1 fully saturated rings. The predicted molar refractivity (Wildman–Crippen MR) is 98.7 cm³/mol. The lowest BCUT2D eigenvalue weighted by Gasteiger charge is -2.24. The zero-order chi connectivity index (χ0) is 15.8. The predicted octanol–water partition coefficient (Wildman–Crippen LogP) is 3.90. The molecule has 2 rings (SSSR count). The Morgan fingerprint density at radius 3 is 2.70 bits per heavy atom. The molecule has 0 aromatic heterocycles. The monoisotopic (exact) mass is 439 g/mol. The summed E-state index contributed by atoms with van der Waals surface area (Å²) in [6.45, 7) is -2.30. The Labute approximate surface area is 153 Å². The molecule has 4 nitrogen and oxygen atoms in total. The average molecular weight is 439 g/mol. The molecule has 1 aliphatic rings. The van der Waals surface area contributed by atoms with Crippen molar-refractivity contribution in [2.75, 3.05) is 7.05 Å². The molecule has 7 heteroatoms. The van der Waals surface area contributed by atoms with Gasteiger partial charge in [0.15, 0.2) is 5.96 Å². The fourth-order valence-electron chi connectivity index (χ4n) is 2.65. The fourth-order valence-corrected chi connectivity index (χ4v) is 2.65. The van der Waals surface area contributed by atoms with E-state index in [9.17, 15) is 8.78 Å². The molecule has 0 spiro atoms. The van der Waals surface area contributed by atoms with Gasteiger partial charge in [-0.3, -0.25) is 4.99 Å². The lowest BCUT2D eigenvalue weighted by molar-refractivity contribution is -0.0498. The summed E-state index contributed by atoms with van der Waals surface area (Å²) in [6, 6.07) is 7.15. The minimum atomic E-state index is -2.80. The van der Waals surface area contributed by atoms with Crippen LogP contribution in [0.1, 0.15) is 37.7 Å². The largest absolute Gasteiger partial charge is 0.435 e. The number of guanidine groups is 1. The Morgan fingerprint density at radius 1 is 1.30 bits per heavy atom. The number of benzene rings is 1. The van der Waals surface area contributed by atoms with Crippen LogP contribution in [0.3, 0.4) is 0 Å². The van der Waals surface area contributed by atoms with Crippen molar-refractivity contribution in [2.45, 2.75) is 51.3 Å². The molecule has 2 N–H and O–H groups in total. The molecule has 0 heterocycles. The molecular weight excluding hydrogens is 415 g/mol. The summed E-state index contributed by atoms with van der Waals surface area (Å²) in [7, 11) is 1.73. The van der Waals surface area contributed by atoms with Crippen LogP contribution in [0.2, 0.25) is 0 Å². The third-order valence-corrected chi connectivity index (χ3v) is 3.75. The maximum Gasteiger partial charge on any atom is 0.387 e. The fraction of sp³-hybridized carbons (Fsp3) is 0.562. The van der Waals surface area contributed by atoms with Crippen LogP contribution in [-0.4, -0.2) is 25.7 Å². The summed E-state index contributed by atoms with van der Waals surface area (Å²) in [5, 5.41) is 6.62. The van der Waals surface area contributed by atoms with Gasteiger partial charge >= 0.3 is 6.61 Å². The van der Waals surface area contributed by atoms with Gasteiger partial charge in [-0.25, -0.2) is 0 Å². The molecule has 0 aliphatic heterocycles. The van der Waals surface area contributed by atoms with Gasteiger partial charge in [0, 0.05) is 19.6 Å². The third kappa shape index (κ3) is 7.32. The number of rotatable bonds is 5. The maximum absolute atomic E-state index is 12.2. The van der Waals surface area contributed by atoms with Crippen molar-refractivity contribution < 1.29 is 13.5 Å². The smallest absolute Gasteiger partial charge is 0.387 e. The van der Waals surface area contributed by atoms with E-state index < -0.39 is 6.61 Å². The van der Waals surface area contributed by atoms with Crippen molar-refractivity contribution in [3.05, 3.63) is 29.8 Å². The van der Waals surface area contributed by atoms with Crippen molar-refractivity contribution in [3.8, 4) is 5.75 Å². The van der Waals surface area contributed by atoms with Gasteiger partial charge in [0.25, 0.3) is 0 Å². The van der Waals surface area contributed by atoms with E-state index in [0.29, 0.717) is 12.6 Å². The van der Waals surface area contributed by atoms with Gasteiger partial charge in [-0.2, -0.15) is 8.78 Å². The number of alkyl halides is 2. The van der Waals surface area contributed by atoms with E-state index >= 15 is 0 Å². The van der Waals surface area contributed by atoms with Gasteiger partial charge in [-0.15, -0.1) is 24.0 Å². The number of ether oxygens (including phenoxy) is 1. The van der Waals surface area contributed by atoms with Gasteiger partial charge in [0.1, 0.15) is 5.75 Å². The Bertz CT molecular complexity index is 494. The first-order valence-electron chi connectivity index (χ1n) is 7.68. The molecule has 1 aromatic carbocycles. The second-order valence-electron chi connectivity index (χ2n) is 5.43. The highest BCUT2D eigenvalue weighted by Crippen LogP contribution is 2.17. The zero-order valence-electron chi connectivity index (χ0n) is 13.2. The van der Waals surface area contributed by atoms with Crippen molar-refractivity contribution in [1.29, 1.82) is 0 Å². The van der Waals surface area contributed by atoms with Gasteiger partial charge in [0.05, 0.1) is 0 Å². The quantitative estimate of drug-likeness (QED) is 0.416. The van der Waals surface area contributed by atoms with Crippen LogP contribution in [0.15, 0.2) is 29.3 Å². The third-order valence-electron chi connectivity index (χ3n) is 3.75. The topological polar surface area (TPSA) is 45.7 Å². The van der Waals surface area contributed by atoms with Crippen molar-refractivity contribution in [2.24, 2.45) is 4.99 Å². The number of nitrogens with one attached hydrogen (secondary N) is 2. The highest BCUT2D eigenvalue weighted by molar-refractivity contribution is 14.0. The summed E-state index contributed by atoms with van der Waals surface area (Å²) in [5.41, 5.74) is 0.866. The number of aliphatic imine (C=N–C) groups is 1. The molecule has 130 valence electrons. The average Bonchev–Trinajstić information content (AvgIpc) is 2.52.